The number of hydrogen-bond acceptors (Lipinski definition) is 5. The average Bonchev–Trinajstić information content (AvgIpc) is 2.81. The first-order valence-electron chi connectivity index (χ1n) is 6.78. The number of aromatic nitrogens is 3. The standard InChI is InChI=1S/C13H22N4O4/c1-6-8(2)17(12(20)21-13(3,4)5)7-9-10(11(18)19)15-16-14-9/h8H,6-7H2,1-5H3,(H,18,19)(H,14,15,16). The molecule has 2 N–H and O–H groups in total. The molecule has 1 rings (SSSR count). The van der Waals surface area contributed by atoms with E-state index in [-0.39, 0.29) is 24.0 Å². The van der Waals surface area contributed by atoms with Crippen molar-refractivity contribution in [1.82, 2.24) is 20.3 Å². The van der Waals surface area contributed by atoms with Crippen molar-refractivity contribution in [3.05, 3.63) is 11.4 Å². The normalized spacial score (nSPS) is 12.8. The number of carbonyl (C=O) groups is 2. The lowest BCUT2D eigenvalue weighted by atomic mass is 10.2. The molecule has 8 heteroatoms. The fourth-order valence-electron chi connectivity index (χ4n) is 1.64. The molecule has 0 spiro atoms. The molecule has 8 nitrogen and oxygen atoms in total. The summed E-state index contributed by atoms with van der Waals surface area (Å²) in [6.07, 6.45) is 0.204. The summed E-state index contributed by atoms with van der Waals surface area (Å²) in [5, 5.41) is 18.7. The number of hydrogen-bond donors (Lipinski definition) is 2. The van der Waals surface area contributed by atoms with Crippen LogP contribution in [0.5, 0.6) is 0 Å². The molecular formula is C13H22N4O4. The van der Waals surface area contributed by atoms with Crippen LogP contribution in [0.3, 0.4) is 0 Å². The van der Waals surface area contributed by atoms with Crippen LogP contribution in [0.1, 0.15) is 57.2 Å². The summed E-state index contributed by atoms with van der Waals surface area (Å²) >= 11 is 0. The van der Waals surface area contributed by atoms with Gasteiger partial charge in [0.1, 0.15) is 11.3 Å². The SMILES string of the molecule is CCC(C)N(Cc1n[nH]nc1C(=O)O)C(=O)OC(C)(C)C. The second-order valence-electron chi connectivity index (χ2n) is 5.79. The Morgan fingerprint density at radius 2 is 2.00 bits per heavy atom. The molecule has 1 amide bonds. The summed E-state index contributed by atoms with van der Waals surface area (Å²) in [5.41, 5.74) is -0.608. The average molecular weight is 298 g/mol. The highest BCUT2D eigenvalue weighted by molar-refractivity contribution is 5.86. The van der Waals surface area contributed by atoms with Crippen LogP contribution in [0.4, 0.5) is 4.79 Å². The number of ether oxygens (including phenoxy) is 1. The number of nitrogens with zero attached hydrogens (tertiary/aromatic N) is 3. The van der Waals surface area contributed by atoms with Crippen LogP contribution in [0.2, 0.25) is 0 Å². The van der Waals surface area contributed by atoms with Crippen molar-refractivity contribution < 1.29 is 19.4 Å². The number of amides is 1. The zero-order valence-electron chi connectivity index (χ0n) is 13.0. The van der Waals surface area contributed by atoms with Crippen molar-refractivity contribution >= 4 is 12.1 Å². The molecule has 1 aromatic heterocycles. The van der Waals surface area contributed by atoms with Gasteiger partial charge in [0.05, 0.1) is 6.54 Å². The van der Waals surface area contributed by atoms with Crippen LogP contribution >= 0.6 is 0 Å². The van der Waals surface area contributed by atoms with Gasteiger partial charge in [0.25, 0.3) is 0 Å². The molecule has 1 heterocycles. The summed E-state index contributed by atoms with van der Waals surface area (Å²) in [4.78, 5) is 24.8. The summed E-state index contributed by atoms with van der Waals surface area (Å²) in [5.74, 6) is -1.19. The second kappa shape index (κ2) is 6.55. The number of carboxylic acids is 1. The molecule has 21 heavy (non-hydrogen) atoms. The second-order valence-corrected chi connectivity index (χ2v) is 5.79. The Morgan fingerprint density at radius 1 is 1.38 bits per heavy atom. The molecule has 1 aromatic rings. The van der Waals surface area contributed by atoms with Gasteiger partial charge in [0, 0.05) is 6.04 Å². The van der Waals surface area contributed by atoms with Gasteiger partial charge in [-0.3, -0.25) is 4.90 Å². The van der Waals surface area contributed by atoms with Gasteiger partial charge in [-0.05, 0) is 34.1 Å². The van der Waals surface area contributed by atoms with E-state index in [1.165, 1.54) is 4.90 Å². The Hall–Kier alpha value is -2.12. The molecule has 0 saturated heterocycles. The lowest BCUT2D eigenvalue weighted by Crippen LogP contribution is -2.41. The number of aromatic amines is 1. The molecular weight excluding hydrogens is 276 g/mol. The van der Waals surface area contributed by atoms with Crippen molar-refractivity contribution in [2.75, 3.05) is 0 Å². The van der Waals surface area contributed by atoms with Crippen molar-refractivity contribution in [2.24, 2.45) is 0 Å². The lowest BCUT2D eigenvalue weighted by Gasteiger charge is -2.30. The van der Waals surface area contributed by atoms with E-state index in [0.717, 1.165) is 0 Å². The molecule has 0 aromatic carbocycles. The molecule has 0 aliphatic heterocycles. The molecule has 0 fully saturated rings. The van der Waals surface area contributed by atoms with Gasteiger partial charge in [-0.1, -0.05) is 6.92 Å². The van der Waals surface area contributed by atoms with Crippen molar-refractivity contribution in [3.63, 3.8) is 0 Å². The molecule has 0 saturated carbocycles. The Morgan fingerprint density at radius 3 is 2.48 bits per heavy atom. The number of aromatic carboxylic acids is 1. The van der Waals surface area contributed by atoms with Crippen LogP contribution < -0.4 is 0 Å². The van der Waals surface area contributed by atoms with Crippen molar-refractivity contribution in [2.45, 2.75) is 59.2 Å². The Balaban J connectivity index is 2.96. The predicted octanol–water partition coefficient (Wildman–Crippen LogP) is 2.04. The first-order valence-corrected chi connectivity index (χ1v) is 6.78. The third-order valence-electron chi connectivity index (χ3n) is 2.89. The Bertz CT molecular complexity index is 507. The maximum absolute atomic E-state index is 12.3. The topological polar surface area (TPSA) is 108 Å². The number of carboxylic acid groups (broad SMARTS) is 1. The number of H-pyrrole nitrogens is 1. The molecule has 0 radical (unpaired) electrons. The summed E-state index contributed by atoms with van der Waals surface area (Å²) in [6.45, 7) is 9.16. The fraction of sp³-hybridized carbons (Fsp3) is 0.692. The Kier molecular flexibility index (Phi) is 5.28. The molecule has 1 unspecified atom stereocenters. The first kappa shape index (κ1) is 16.9. The van der Waals surface area contributed by atoms with Crippen molar-refractivity contribution in [3.8, 4) is 0 Å². The van der Waals surface area contributed by atoms with Gasteiger partial charge in [-0.15, -0.1) is 5.10 Å². The van der Waals surface area contributed by atoms with E-state index >= 15 is 0 Å². The summed E-state index contributed by atoms with van der Waals surface area (Å²) in [7, 11) is 0. The molecule has 1 atom stereocenters. The van der Waals surface area contributed by atoms with Gasteiger partial charge < -0.3 is 9.84 Å². The van der Waals surface area contributed by atoms with Crippen LogP contribution in [0.15, 0.2) is 0 Å². The quantitative estimate of drug-likeness (QED) is 0.861. The largest absolute Gasteiger partial charge is 0.476 e. The highest BCUT2D eigenvalue weighted by atomic mass is 16.6. The molecule has 0 aliphatic carbocycles. The number of rotatable bonds is 5. The third-order valence-corrected chi connectivity index (χ3v) is 2.89. The third kappa shape index (κ3) is 4.73. The van der Waals surface area contributed by atoms with E-state index in [4.69, 9.17) is 9.84 Å². The first-order chi connectivity index (χ1) is 9.65. The van der Waals surface area contributed by atoms with E-state index in [9.17, 15) is 9.59 Å². The monoisotopic (exact) mass is 298 g/mol. The summed E-state index contributed by atoms with van der Waals surface area (Å²) in [6, 6.07) is -0.113. The highest BCUT2D eigenvalue weighted by Crippen LogP contribution is 2.16. The van der Waals surface area contributed by atoms with Gasteiger partial charge in [0.2, 0.25) is 0 Å². The van der Waals surface area contributed by atoms with E-state index < -0.39 is 17.7 Å². The molecule has 0 bridgehead atoms. The lowest BCUT2D eigenvalue weighted by molar-refractivity contribution is 0.0147. The van der Waals surface area contributed by atoms with Gasteiger partial charge in [-0.2, -0.15) is 10.3 Å². The van der Waals surface area contributed by atoms with Crippen LogP contribution in [0.25, 0.3) is 0 Å². The van der Waals surface area contributed by atoms with Crippen LogP contribution in [0, 0.1) is 0 Å². The number of nitrogens with one attached hydrogen (secondary N) is 1. The minimum absolute atomic E-state index is 0.0298. The van der Waals surface area contributed by atoms with E-state index in [1.54, 1.807) is 20.8 Å². The zero-order chi connectivity index (χ0) is 16.2. The fourth-order valence-corrected chi connectivity index (χ4v) is 1.64. The van der Waals surface area contributed by atoms with Crippen LogP contribution in [-0.4, -0.2) is 49.1 Å². The minimum Gasteiger partial charge on any atom is -0.476 e. The Labute approximate surface area is 123 Å². The van der Waals surface area contributed by atoms with Crippen molar-refractivity contribution in [1.29, 1.82) is 0 Å². The smallest absolute Gasteiger partial charge is 0.410 e. The zero-order valence-corrected chi connectivity index (χ0v) is 13.0. The van der Waals surface area contributed by atoms with Gasteiger partial charge in [-0.25, -0.2) is 9.59 Å². The number of carbonyl (C=O) groups excluding carboxylic acids is 1. The van der Waals surface area contributed by atoms with E-state index in [1.807, 2.05) is 13.8 Å². The highest BCUT2D eigenvalue weighted by Gasteiger charge is 2.28. The maximum Gasteiger partial charge on any atom is 0.410 e. The molecule has 118 valence electrons. The van der Waals surface area contributed by atoms with Gasteiger partial charge in [0.15, 0.2) is 5.69 Å². The van der Waals surface area contributed by atoms with E-state index in [0.29, 0.717) is 6.42 Å². The van der Waals surface area contributed by atoms with Crippen LogP contribution in [-0.2, 0) is 11.3 Å². The molecule has 0 aliphatic rings. The predicted molar refractivity (Wildman–Crippen MR) is 74.9 cm³/mol. The van der Waals surface area contributed by atoms with Gasteiger partial charge >= 0.3 is 12.1 Å². The van der Waals surface area contributed by atoms with E-state index in [2.05, 4.69) is 15.4 Å². The summed E-state index contributed by atoms with van der Waals surface area (Å²) < 4.78 is 5.35. The minimum atomic E-state index is -1.19. The maximum atomic E-state index is 12.3.